The quantitative estimate of drug-likeness (QED) is 0.873. The Morgan fingerprint density at radius 2 is 2.05 bits per heavy atom. The molecule has 4 heteroatoms. The Morgan fingerprint density at radius 1 is 1.18 bits per heavy atom. The molecule has 0 radical (unpaired) electrons. The second-order valence-corrected chi connectivity index (χ2v) is 6.43. The van der Waals surface area contributed by atoms with Crippen molar-refractivity contribution in [1.29, 1.82) is 0 Å². The highest BCUT2D eigenvalue weighted by atomic mass is 16.2. The van der Waals surface area contributed by atoms with Crippen molar-refractivity contribution in [2.45, 2.75) is 31.2 Å². The maximum Gasteiger partial charge on any atom is 0.226 e. The van der Waals surface area contributed by atoms with E-state index in [0.29, 0.717) is 17.9 Å². The standard InChI is InChI=1S/C18H21N3O/c22-18(17-12-16(17)14-6-2-1-3-7-14)20-10-4-8-15(13-20)21-11-5-9-19-21/h1-3,5-7,9,11,15-17H,4,8,10,12-13H2. The molecule has 1 saturated carbocycles. The number of hydrogen-bond acceptors (Lipinski definition) is 2. The molecule has 114 valence electrons. The number of piperidine rings is 1. The highest BCUT2D eigenvalue weighted by molar-refractivity contribution is 5.83. The average molecular weight is 295 g/mol. The lowest BCUT2D eigenvalue weighted by Crippen LogP contribution is -2.41. The van der Waals surface area contributed by atoms with E-state index in [0.717, 1.165) is 32.4 Å². The van der Waals surface area contributed by atoms with Crippen LogP contribution in [0.25, 0.3) is 0 Å². The lowest BCUT2D eigenvalue weighted by atomic mass is 10.0. The molecule has 4 rings (SSSR count). The van der Waals surface area contributed by atoms with Crippen molar-refractivity contribution in [3.63, 3.8) is 0 Å². The van der Waals surface area contributed by atoms with E-state index < -0.39 is 0 Å². The van der Waals surface area contributed by atoms with Gasteiger partial charge in [-0.1, -0.05) is 30.3 Å². The van der Waals surface area contributed by atoms with Crippen LogP contribution >= 0.6 is 0 Å². The predicted molar refractivity (Wildman–Crippen MR) is 84.4 cm³/mol. The zero-order chi connectivity index (χ0) is 14.9. The fourth-order valence-corrected chi connectivity index (χ4v) is 3.64. The van der Waals surface area contributed by atoms with Crippen LogP contribution in [0.3, 0.4) is 0 Å². The predicted octanol–water partition coefficient (Wildman–Crippen LogP) is 2.85. The number of carbonyl (C=O) groups is 1. The van der Waals surface area contributed by atoms with Gasteiger partial charge in [0.15, 0.2) is 0 Å². The van der Waals surface area contributed by atoms with Crippen molar-refractivity contribution in [3.05, 3.63) is 54.4 Å². The number of aromatic nitrogens is 2. The maximum atomic E-state index is 12.8. The second kappa shape index (κ2) is 5.59. The van der Waals surface area contributed by atoms with E-state index in [9.17, 15) is 4.79 Å². The Hall–Kier alpha value is -2.10. The van der Waals surface area contributed by atoms with Gasteiger partial charge in [0, 0.05) is 31.4 Å². The molecule has 2 aromatic rings. The van der Waals surface area contributed by atoms with Crippen LogP contribution in [0, 0.1) is 5.92 Å². The third kappa shape index (κ3) is 2.54. The number of likely N-dealkylation sites (tertiary alicyclic amines) is 1. The number of benzene rings is 1. The summed E-state index contributed by atoms with van der Waals surface area (Å²) in [6.07, 6.45) is 7.00. The molecular formula is C18H21N3O. The summed E-state index contributed by atoms with van der Waals surface area (Å²) >= 11 is 0. The molecule has 0 N–H and O–H groups in total. The zero-order valence-electron chi connectivity index (χ0n) is 12.6. The molecule has 0 spiro atoms. The molecule has 3 unspecified atom stereocenters. The summed E-state index contributed by atoms with van der Waals surface area (Å²) in [5.41, 5.74) is 1.31. The van der Waals surface area contributed by atoms with Crippen LogP contribution in [0.1, 0.15) is 36.8 Å². The molecule has 2 aliphatic rings. The Morgan fingerprint density at radius 3 is 2.82 bits per heavy atom. The molecule has 4 nitrogen and oxygen atoms in total. The van der Waals surface area contributed by atoms with Gasteiger partial charge in [-0.25, -0.2) is 0 Å². The summed E-state index contributed by atoms with van der Waals surface area (Å²) in [5.74, 6) is 0.961. The number of nitrogens with zero attached hydrogens (tertiary/aromatic N) is 3. The Bertz CT molecular complexity index is 638. The molecule has 1 aromatic carbocycles. The minimum absolute atomic E-state index is 0.193. The average Bonchev–Trinajstić information content (AvgIpc) is 3.19. The highest BCUT2D eigenvalue weighted by Gasteiger charge is 2.46. The SMILES string of the molecule is O=C(C1CC1c1ccccc1)N1CCCC(n2cccn2)C1. The van der Waals surface area contributed by atoms with Gasteiger partial charge in [-0.05, 0) is 36.8 Å². The van der Waals surface area contributed by atoms with Gasteiger partial charge >= 0.3 is 0 Å². The topological polar surface area (TPSA) is 38.1 Å². The van der Waals surface area contributed by atoms with Crippen LogP contribution in [0.15, 0.2) is 48.8 Å². The Labute approximate surface area is 130 Å². The van der Waals surface area contributed by atoms with Crippen molar-refractivity contribution in [2.75, 3.05) is 13.1 Å². The molecular weight excluding hydrogens is 274 g/mol. The van der Waals surface area contributed by atoms with Crippen LogP contribution in [0.4, 0.5) is 0 Å². The third-order valence-electron chi connectivity index (χ3n) is 4.94. The first-order valence-corrected chi connectivity index (χ1v) is 8.16. The van der Waals surface area contributed by atoms with E-state index in [1.165, 1.54) is 5.56 Å². The maximum absolute atomic E-state index is 12.8. The molecule has 22 heavy (non-hydrogen) atoms. The first-order chi connectivity index (χ1) is 10.8. The lowest BCUT2D eigenvalue weighted by molar-refractivity contribution is -0.134. The van der Waals surface area contributed by atoms with Crippen molar-refractivity contribution >= 4 is 5.91 Å². The fourth-order valence-electron chi connectivity index (χ4n) is 3.64. The van der Waals surface area contributed by atoms with Gasteiger partial charge in [0.25, 0.3) is 0 Å². The molecule has 1 saturated heterocycles. The van der Waals surface area contributed by atoms with Gasteiger partial charge in [0.2, 0.25) is 5.91 Å². The van der Waals surface area contributed by atoms with Crippen LogP contribution in [-0.2, 0) is 4.79 Å². The van der Waals surface area contributed by atoms with Gasteiger partial charge in [0.05, 0.1) is 6.04 Å². The van der Waals surface area contributed by atoms with Crippen molar-refractivity contribution in [2.24, 2.45) is 5.92 Å². The molecule has 3 atom stereocenters. The molecule has 2 heterocycles. The molecule has 1 aliphatic carbocycles. The van der Waals surface area contributed by atoms with Gasteiger partial charge < -0.3 is 4.90 Å². The number of rotatable bonds is 3. The summed E-state index contributed by atoms with van der Waals surface area (Å²) in [5, 5.41) is 4.34. The first kappa shape index (κ1) is 13.6. The van der Waals surface area contributed by atoms with E-state index in [2.05, 4.69) is 34.3 Å². The van der Waals surface area contributed by atoms with Gasteiger partial charge in [0.1, 0.15) is 0 Å². The molecule has 2 fully saturated rings. The summed E-state index contributed by atoms with van der Waals surface area (Å²) in [7, 11) is 0. The van der Waals surface area contributed by atoms with E-state index in [-0.39, 0.29) is 5.92 Å². The first-order valence-electron chi connectivity index (χ1n) is 8.16. The largest absolute Gasteiger partial charge is 0.340 e. The van der Waals surface area contributed by atoms with E-state index in [1.807, 2.05) is 29.2 Å². The van der Waals surface area contributed by atoms with E-state index in [4.69, 9.17) is 0 Å². The monoisotopic (exact) mass is 295 g/mol. The summed E-state index contributed by atoms with van der Waals surface area (Å²) < 4.78 is 2.00. The van der Waals surface area contributed by atoms with E-state index in [1.54, 1.807) is 0 Å². The lowest BCUT2D eigenvalue weighted by Gasteiger charge is -2.33. The minimum atomic E-state index is 0.193. The smallest absolute Gasteiger partial charge is 0.226 e. The third-order valence-corrected chi connectivity index (χ3v) is 4.94. The normalized spacial score (nSPS) is 27.6. The number of hydrogen-bond donors (Lipinski definition) is 0. The minimum Gasteiger partial charge on any atom is -0.340 e. The van der Waals surface area contributed by atoms with Crippen LogP contribution in [0.2, 0.25) is 0 Å². The Kier molecular flexibility index (Phi) is 3.45. The van der Waals surface area contributed by atoms with Crippen molar-refractivity contribution in [1.82, 2.24) is 14.7 Å². The molecule has 1 amide bonds. The molecule has 1 aromatic heterocycles. The zero-order valence-corrected chi connectivity index (χ0v) is 12.6. The fraction of sp³-hybridized carbons (Fsp3) is 0.444. The van der Waals surface area contributed by atoms with Gasteiger partial charge in [-0.2, -0.15) is 5.10 Å². The number of carbonyl (C=O) groups excluding carboxylic acids is 1. The van der Waals surface area contributed by atoms with E-state index >= 15 is 0 Å². The summed E-state index contributed by atoms with van der Waals surface area (Å²) in [6.45, 7) is 1.70. The molecule has 0 bridgehead atoms. The van der Waals surface area contributed by atoms with Crippen molar-refractivity contribution in [3.8, 4) is 0 Å². The number of amides is 1. The van der Waals surface area contributed by atoms with Crippen LogP contribution < -0.4 is 0 Å². The summed E-state index contributed by atoms with van der Waals surface area (Å²) in [6, 6.07) is 12.7. The van der Waals surface area contributed by atoms with Gasteiger partial charge in [-0.15, -0.1) is 0 Å². The van der Waals surface area contributed by atoms with Crippen molar-refractivity contribution < 1.29 is 4.79 Å². The highest BCUT2D eigenvalue weighted by Crippen LogP contribution is 2.48. The Balaban J connectivity index is 1.41. The van der Waals surface area contributed by atoms with Crippen LogP contribution in [0.5, 0.6) is 0 Å². The second-order valence-electron chi connectivity index (χ2n) is 6.43. The van der Waals surface area contributed by atoms with Gasteiger partial charge in [-0.3, -0.25) is 9.48 Å². The molecule has 1 aliphatic heterocycles. The van der Waals surface area contributed by atoms with Crippen LogP contribution in [-0.4, -0.2) is 33.7 Å². The summed E-state index contributed by atoms with van der Waals surface area (Å²) in [4.78, 5) is 14.8.